The van der Waals surface area contributed by atoms with Crippen molar-refractivity contribution in [3.8, 4) is 5.75 Å². The van der Waals surface area contributed by atoms with Gasteiger partial charge in [-0.15, -0.1) is 0 Å². The summed E-state index contributed by atoms with van der Waals surface area (Å²) in [5.74, 6) is -0.748. The van der Waals surface area contributed by atoms with Crippen LogP contribution in [0.25, 0.3) is 0 Å². The van der Waals surface area contributed by atoms with Gasteiger partial charge in [-0.3, -0.25) is 4.79 Å². The lowest BCUT2D eigenvalue weighted by atomic mass is 10.1. The van der Waals surface area contributed by atoms with Crippen molar-refractivity contribution < 1.29 is 19.0 Å². The normalized spacial score (nSPS) is 12.2. The van der Waals surface area contributed by atoms with Crippen LogP contribution >= 0.6 is 0 Å². The van der Waals surface area contributed by atoms with Crippen molar-refractivity contribution in [2.24, 2.45) is 5.92 Å². The van der Waals surface area contributed by atoms with Crippen molar-refractivity contribution in [2.45, 2.75) is 19.8 Å². The number of carboxylic acid groups (broad SMARTS) is 1. The van der Waals surface area contributed by atoms with E-state index in [1.54, 1.807) is 20.1 Å². The third kappa shape index (κ3) is 5.26. The molecule has 0 spiro atoms. The first-order chi connectivity index (χ1) is 9.04. The third-order valence-electron chi connectivity index (χ3n) is 2.99. The molecule has 0 bridgehead atoms. The molecule has 1 rings (SSSR count). The second kappa shape index (κ2) is 7.74. The molecule has 0 aliphatic carbocycles. The fraction of sp³-hybridized carbons (Fsp3) is 0.500. The predicted octanol–water partition coefficient (Wildman–Crippen LogP) is 2.08. The Balaban J connectivity index is 2.33. The van der Waals surface area contributed by atoms with Gasteiger partial charge in [-0.2, -0.15) is 0 Å². The summed E-state index contributed by atoms with van der Waals surface area (Å²) >= 11 is 0. The Morgan fingerprint density at radius 1 is 1.47 bits per heavy atom. The quantitative estimate of drug-likeness (QED) is 0.709. The van der Waals surface area contributed by atoms with E-state index in [1.807, 2.05) is 0 Å². The van der Waals surface area contributed by atoms with Gasteiger partial charge in [0.1, 0.15) is 11.6 Å². The Labute approximate surface area is 112 Å². The van der Waals surface area contributed by atoms with Gasteiger partial charge in [-0.25, -0.2) is 4.39 Å². The zero-order chi connectivity index (χ0) is 14.3. The molecular formula is C14H20FNO3. The zero-order valence-corrected chi connectivity index (χ0v) is 11.3. The number of halogens is 1. The lowest BCUT2D eigenvalue weighted by molar-refractivity contribution is -0.141. The molecule has 1 atom stereocenters. The maximum absolute atomic E-state index is 13.1. The molecule has 0 amide bonds. The molecule has 19 heavy (non-hydrogen) atoms. The number of aliphatic carboxylic acids is 1. The van der Waals surface area contributed by atoms with E-state index in [0.29, 0.717) is 31.7 Å². The van der Waals surface area contributed by atoms with Gasteiger partial charge in [-0.05, 0) is 49.7 Å². The molecule has 1 aromatic rings. The van der Waals surface area contributed by atoms with Gasteiger partial charge in [0.2, 0.25) is 0 Å². The molecule has 4 nitrogen and oxygen atoms in total. The molecule has 1 aromatic carbocycles. The number of rotatable bonds is 8. The largest absolute Gasteiger partial charge is 0.496 e. The van der Waals surface area contributed by atoms with E-state index in [0.717, 1.165) is 5.56 Å². The molecule has 5 heteroatoms. The van der Waals surface area contributed by atoms with Crippen molar-refractivity contribution >= 4 is 5.97 Å². The van der Waals surface area contributed by atoms with Crippen LogP contribution in [-0.2, 0) is 11.2 Å². The average Bonchev–Trinajstić information content (AvgIpc) is 2.38. The highest BCUT2D eigenvalue weighted by molar-refractivity contribution is 5.69. The van der Waals surface area contributed by atoms with Gasteiger partial charge in [0.25, 0.3) is 0 Å². The molecule has 0 radical (unpaired) electrons. The Kier molecular flexibility index (Phi) is 6.29. The van der Waals surface area contributed by atoms with Crippen LogP contribution in [0.3, 0.4) is 0 Å². The van der Waals surface area contributed by atoms with Crippen molar-refractivity contribution in [3.63, 3.8) is 0 Å². The molecule has 1 unspecified atom stereocenters. The van der Waals surface area contributed by atoms with Gasteiger partial charge in [0.15, 0.2) is 0 Å². The summed E-state index contributed by atoms with van der Waals surface area (Å²) in [7, 11) is 1.55. The van der Waals surface area contributed by atoms with Crippen LogP contribution in [0.15, 0.2) is 18.2 Å². The average molecular weight is 269 g/mol. The van der Waals surface area contributed by atoms with Crippen LogP contribution in [-0.4, -0.2) is 31.3 Å². The fourth-order valence-electron chi connectivity index (χ4n) is 1.73. The maximum atomic E-state index is 13.1. The van der Waals surface area contributed by atoms with Gasteiger partial charge in [0, 0.05) is 0 Å². The van der Waals surface area contributed by atoms with Gasteiger partial charge >= 0.3 is 5.97 Å². The Hall–Kier alpha value is -1.62. The van der Waals surface area contributed by atoms with Crippen LogP contribution in [0.4, 0.5) is 4.39 Å². The van der Waals surface area contributed by atoms with E-state index in [-0.39, 0.29) is 11.7 Å². The summed E-state index contributed by atoms with van der Waals surface area (Å²) in [5.41, 5.74) is 0.807. The van der Waals surface area contributed by atoms with Crippen molar-refractivity contribution in [3.05, 3.63) is 29.6 Å². The number of carbonyl (C=O) groups is 1. The summed E-state index contributed by atoms with van der Waals surface area (Å²) in [6.45, 7) is 2.97. The number of nitrogens with one attached hydrogen (secondary N) is 1. The van der Waals surface area contributed by atoms with Gasteiger partial charge < -0.3 is 15.2 Å². The monoisotopic (exact) mass is 269 g/mol. The third-order valence-corrected chi connectivity index (χ3v) is 2.99. The number of hydrogen-bond acceptors (Lipinski definition) is 3. The van der Waals surface area contributed by atoms with E-state index in [1.165, 1.54) is 12.1 Å². The maximum Gasteiger partial charge on any atom is 0.306 e. The van der Waals surface area contributed by atoms with E-state index >= 15 is 0 Å². The first kappa shape index (κ1) is 15.4. The molecule has 0 heterocycles. The molecular weight excluding hydrogens is 249 g/mol. The summed E-state index contributed by atoms with van der Waals surface area (Å²) in [6, 6.07) is 4.43. The van der Waals surface area contributed by atoms with E-state index in [2.05, 4.69) is 5.32 Å². The first-order valence-electron chi connectivity index (χ1n) is 6.30. The Morgan fingerprint density at radius 2 is 2.21 bits per heavy atom. The fourth-order valence-corrected chi connectivity index (χ4v) is 1.73. The molecule has 0 aromatic heterocycles. The van der Waals surface area contributed by atoms with Crippen LogP contribution in [0.5, 0.6) is 5.75 Å². The van der Waals surface area contributed by atoms with Gasteiger partial charge in [-0.1, -0.05) is 6.92 Å². The summed E-state index contributed by atoms with van der Waals surface area (Å²) in [6.07, 6.45) is 1.22. The molecule has 0 saturated carbocycles. The SMILES string of the molecule is COc1ccc(F)cc1CCNCCC(C)C(=O)O. The highest BCUT2D eigenvalue weighted by Gasteiger charge is 2.09. The number of carboxylic acids is 1. The predicted molar refractivity (Wildman–Crippen MR) is 70.9 cm³/mol. The number of ether oxygens (including phenoxy) is 1. The zero-order valence-electron chi connectivity index (χ0n) is 11.3. The van der Waals surface area contributed by atoms with Crippen molar-refractivity contribution in [1.82, 2.24) is 5.32 Å². The minimum Gasteiger partial charge on any atom is -0.496 e. The molecule has 0 saturated heterocycles. The molecule has 0 fully saturated rings. The Morgan fingerprint density at radius 3 is 2.84 bits per heavy atom. The summed E-state index contributed by atoms with van der Waals surface area (Å²) < 4.78 is 18.3. The van der Waals surface area contributed by atoms with Crippen LogP contribution in [0.2, 0.25) is 0 Å². The van der Waals surface area contributed by atoms with E-state index in [9.17, 15) is 9.18 Å². The molecule has 2 N–H and O–H groups in total. The molecule has 0 aliphatic rings. The highest BCUT2D eigenvalue weighted by atomic mass is 19.1. The van der Waals surface area contributed by atoms with E-state index in [4.69, 9.17) is 9.84 Å². The molecule has 0 aliphatic heterocycles. The minimum absolute atomic E-state index is 0.282. The van der Waals surface area contributed by atoms with Crippen LogP contribution in [0, 0.1) is 11.7 Å². The smallest absolute Gasteiger partial charge is 0.306 e. The minimum atomic E-state index is -0.784. The highest BCUT2D eigenvalue weighted by Crippen LogP contribution is 2.19. The number of methoxy groups -OCH3 is 1. The lowest BCUT2D eigenvalue weighted by Gasteiger charge is -2.10. The number of benzene rings is 1. The standard InChI is InChI=1S/C14H20FNO3/c1-10(14(17)18)5-7-16-8-6-11-9-12(15)3-4-13(11)19-2/h3-4,9-10,16H,5-8H2,1-2H3,(H,17,18). The van der Waals surface area contributed by atoms with Crippen molar-refractivity contribution in [2.75, 3.05) is 20.2 Å². The number of hydrogen-bond donors (Lipinski definition) is 2. The second-order valence-electron chi connectivity index (χ2n) is 4.48. The summed E-state index contributed by atoms with van der Waals surface area (Å²) in [4.78, 5) is 10.6. The van der Waals surface area contributed by atoms with Crippen LogP contribution < -0.4 is 10.1 Å². The van der Waals surface area contributed by atoms with Crippen LogP contribution in [0.1, 0.15) is 18.9 Å². The van der Waals surface area contributed by atoms with E-state index < -0.39 is 5.97 Å². The lowest BCUT2D eigenvalue weighted by Crippen LogP contribution is -2.22. The summed E-state index contributed by atoms with van der Waals surface area (Å²) in [5, 5.41) is 11.9. The topological polar surface area (TPSA) is 58.6 Å². The first-order valence-corrected chi connectivity index (χ1v) is 6.30. The Bertz CT molecular complexity index is 423. The molecule has 106 valence electrons. The van der Waals surface area contributed by atoms with Gasteiger partial charge in [0.05, 0.1) is 13.0 Å². The van der Waals surface area contributed by atoms with Crippen molar-refractivity contribution in [1.29, 1.82) is 0 Å². The second-order valence-corrected chi connectivity index (χ2v) is 4.48.